The maximum Gasteiger partial charge on any atom is 0.337 e. The summed E-state index contributed by atoms with van der Waals surface area (Å²) in [5.41, 5.74) is -0.768. The summed E-state index contributed by atoms with van der Waals surface area (Å²) in [5, 5.41) is 25.3. The van der Waals surface area contributed by atoms with Gasteiger partial charge in [-0.1, -0.05) is 68.4 Å². The first-order valence-electron chi connectivity index (χ1n) is 20.8. The lowest BCUT2D eigenvalue weighted by molar-refractivity contribution is -0.376. The van der Waals surface area contributed by atoms with Crippen LogP contribution < -0.4 is 0 Å². The Morgan fingerprint density at radius 2 is 1.56 bits per heavy atom. The van der Waals surface area contributed by atoms with E-state index in [1.54, 1.807) is 21.0 Å². The minimum Gasteiger partial charge on any atom is -0.467 e. The predicted molar refractivity (Wildman–Crippen MR) is 227 cm³/mol. The number of hydrogen-bond acceptors (Lipinski definition) is 13. The van der Waals surface area contributed by atoms with E-state index in [-0.39, 0.29) is 42.8 Å². The lowest BCUT2D eigenvalue weighted by atomic mass is 9.70. The highest BCUT2D eigenvalue weighted by Gasteiger charge is 2.62. The lowest BCUT2D eigenvalue weighted by Crippen LogP contribution is -2.70. The molecule has 1 aliphatic heterocycles. The lowest BCUT2D eigenvalue weighted by Gasteiger charge is -2.56. The number of rotatable bonds is 27. The Morgan fingerprint density at radius 3 is 2.02 bits per heavy atom. The fourth-order valence-corrected chi connectivity index (χ4v) is 11.1. The van der Waals surface area contributed by atoms with Crippen LogP contribution in [-0.4, -0.2) is 136 Å². The van der Waals surface area contributed by atoms with Crippen LogP contribution >= 0.6 is 0 Å². The monoisotopic (exact) mass is 851 g/mol. The summed E-state index contributed by atoms with van der Waals surface area (Å²) >= 11 is 0. The molecule has 13 nitrogen and oxygen atoms in total. The van der Waals surface area contributed by atoms with Gasteiger partial charge >= 0.3 is 5.97 Å². The van der Waals surface area contributed by atoms with Gasteiger partial charge in [0.1, 0.15) is 12.9 Å². The molecule has 1 rings (SSSR count). The molecule has 0 bridgehead atoms. The predicted octanol–water partition coefficient (Wildman–Crippen LogP) is 7.18. The summed E-state index contributed by atoms with van der Waals surface area (Å²) < 4.78 is 53.6. The zero-order valence-electron chi connectivity index (χ0n) is 38.7. The van der Waals surface area contributed by atoms with E-state index in [1.807, 2.05) is 13.0 Å². The number of hydrogen-bond donors (Lipinski definition) is 2. The van der Waals surface area contributed by atoms with E-state index in [0.29, 0.717) is 18.6 Å². The highest BCUT2D eigenvalue weighted by atomic mass is 28.4. The fraction of sp³-hybridized carbons (Fsp3) is 0.905. The number of aliphatic hydroxyl groups is 2. The number of carbonyl (C=O) groups excluding carboxylic acids is 2. The van der Waals surface area contributed by atoms with Crippen LogP contribution in [0.2, 0.25) is 36.3 Å². The van der Waals surface area contributed by atoms with Crippen molar-refractivity contribution in [2.45, 2.75) is 186 Å². The molecule has 0 saturated carbocycles. The molecule has 57 heavy (non-hydrogen) atoms. The topological polar surface area (TPSA) is 158 Å². The third kappa shape index (κ3) is 14.2. The molecule has 15 heteroatoms. The van der Waals surface area contributed by atoms with Crippen LogP contribution in [0.15, 0.2) is 11.6 Å². The van der Waals surface area contributed by atoms with Crippen molar-refractivity contribution in [2.75, 3.05) is 48.9 Å². The van der Waals surface area contributed by atoms with E-state index in [2.05, 4.69) is 61.6 Å². The second kappa shape index (κ2) is 23.8. The second-order valence-corrected chi connectivity index (χ2v) is 27.3. The van der Waals surface area contributed by atoms with Crippen molar-refractivity contribution in [1.82, 2.24) is 0 Å². The van der Waals surface area contributed by atoms with Gasteiger partial charge in [0.15, 0.2) is 28.5 Å². The first kappa shape index (κ1) is 53.9. The summed E-state index contributed by atoms with van der Waals surface area (Å²) in [6, 6.07) is 2.42. The van der Waals surface area contributed by atoms with Crippen molar-refractivity contribution in [3.8, 4) is 0 Å². The van der Waals surface area contributed by atoms with E-state index in [1.165, 1.54) is 28.4 Å². The van der Waals surface area contributed by atoms with Crippen LogP contribution in [0.3, 0.4) is 0 Å². The molecule has 1 aliphatic rings. The third-order valence-corrected chi connectivity index (χ3v) is 22.1. The Bertz CT molecular complexity index is 1230. The van der Waals surface area contributed by atoms with Crippen molar-refractivity contribution < 1.29 is 61.8 Å². The van der Waals surface area contributed by atoms with Gasteiger partial charge in [0.2, 0.25) is 5.79 Å². The van der Waals surface area contributed by atoms with Gasteiger partial charge in [-0.3, -0.25) is 4.79 Å². The Labute approximate surface area is 347 Å². The minimum atomic E-state index is -2.40. The molecule has 0 spiro atoms. The first-order chi connectivity index (χ1) is 26.5. The first-order valence-corrected chi connectivity index (χ1v) is 26.3. The van der Waals surface area contributed by atoms with Crippen molar-refractivity contribution in [2.24, 2.45) is 11.3 Å². The molecule has 0 aliphatic carbocycles. The van der Waals surface area contributed by atoms with Crippen molar-refractivity contribution in [1.29, 1.82) is 0 Å². The number of allylic oxidation sites excluding steroid dienone is 1. The zero-order valence-corrected chi connectivity index (χ0v) is 40.7. The van der Waals surface area contributed by atoms with E-state index >= 15 is 0 Å². The quantitative estimate of drug-likeness (QED) is 0.0371. The van der Waals surface area contributed by atoms with Gasteiger partial charge < -0.3 is 52.2 Å². The minimum absolute atomic E-state index is 0.0305. The molecule has 1 heterocycles. The Morgan fingerprint density at radius 1 is 0.965 bits per heavy atom. The van der Waals surface area contributed by atoms with Crippen LogP contribution in [0.25, 0.3) is 0 Å². The van der Waals surface area contributed by atoms with Gasteiger partial charge in [-0.15, -0.1) is 0 Å². The smallest absolute Gasteiger partial charge is 0.337 e. The molecule has 2 N–H and O–H groups in total. The molecule has 0 aromatic heterocycles. The maximum absolute atomic E-state index is 13.6. The summed E-state index contributed by atoms with van der Waals surface area (Å²) in [7, 11) is 2.89. The number of esters is 1. The standard InChI is InChI=1S/C42H82O13Si2/c1-18-30(27-53-56(16,17)40(6,7)8)22-29(5)33(43)23-31(48-12)26-36(44)41(9,10)42(46)38(55-57(19-2,20-3)21-4)35(50-14)25-32(54-42)24-34(49-13)37(39(45)51-15)52-28-47-11/h22,30-32,34-38,44,46H,18-21,23-28H2,1-17H3/b29-22-/t30?,31-,32+,34-,35-,36+,37+,38-,42?/m0/s1. The maximum atomic E-state index is 13.6. The Kier molecular flexibility index (Phi) is 22.5. The number of carbonyl (C=O) groups is 2. The van der Waals surface area contributed by atoms with Crippen molar-refractivity contribution >= 4 is 28.4 Å². The van der Waals surface area contributed by atoms with Gasteiger partial charge in [-0.2, -0.15) is 0 Å². The van der Waals surface area contributed by atoms with Gasteiger partial charge in [0, 0.05) is 66.1 Å². The highest BCUT2D eigenvalue weighted by molar-refractivity contribution is 6.74. The summed E-state index contributed by atoms with van der Waals surface area (Å²) in [6.07, 6.45) is -2.89. The molecule has 0 amide bonds. The van der Waals surface area contributed by atoms with Crippen LogP contribution in [-0.2, 0) is 51.6 Å². The van der Waals surface area contributed by atoms with E-state index < -0.39 is 76.5 Å². The van der Waals surface area contributed by atoms with Gasteiger partial charge in [-0.25, -0.2) is 4.79 Å². The van der Waals surface area contributed by atoms with E-state index in [9.17, 15) is 19.8 Å². The highest BCUT2D eigenvalue weighted by Crippen LogP contribution is 2.49. The van der Waals surface area contributed by atoms with Crippen LogP contribution in [0, 0.1) is 11.3 Å². The molecule has 0 radical (unpaired) electrons. The number of ketones is 1. The fourth-order valence-electron chi connectivity index (χ4n) is 7.17. The largest absolute Gasteiger partial charge is 0.467 e. The molecule has 0 aromatic carbocycles. The Hall–Kier alpha value is -1.09. The number of Topliss-reactive ketones (excluding diaryl/α,β-unsaturated/α-hetero) is 1. The average Bonchev–Trinajstić information content (AvgIpc) is 3.17. The molecule has 1 saturated heterocycles. The Balaban J connectivity index is 3.53. The summed E-state index contributed by atoms with van der Waals surface area (Å²) in [4.78, 5) is 26.4. The second-order valence-electron chi connectivity index (χ2n) is 17.8. The molecule has 1 fully saturated rings. The van der Waals surface area contributed by atoms with Crippen molar-refractivity contribution in [3.05, 3.63) is 11.6 Å². The third-order valence-electron chi connectivity index (χ3n) is 13.0. The number of aliphatic hydroxyl groups excluding tert-OH is 1. The molecule has 9 atom stereocenters. The molecule has 0 aromatic rings. The van der Waals surface area contributed by atoms with Gasteiger partial charge in [0.25, 0.3) is 0 Å². The molecule has 2 unspecified atom stereocenters. The van der Waals surface area contributed by atoms with Gasteiger partial charge in [-0.05, 0) is 61.1 Å². The normalized spacial score (nSPS) is 24.1. The SMILES string of the molecule is CCC(/C=C(/C)C(=O)C[C@@H](C[C@@H](O)C(C)(C)C1(O)O[C@H](C[C@H](OC)[C@@H](OCOC)C(=O)OC)C[C@H](OC)[C@@H]1O[Si](CC)(CC)CC)OC)CO[Si](C)(C)C(C)(C)C. The number of ether oxygens (including phenoxy) is 7. The van der Waals surface area contributed by atoms with E-state index in [4.69, 9.17) is 42.0 Å². The van der Waals surface area contributed by atoms with Crippen LogP contribution in [0.4, 0.5) is 0 Å². The zero-order chi connectivity index (χ0) is 44.0. The van der Waals surface area contributed by atoms with Gasteiger partial charge in [0.05, 0.1) is 37.6 Å². The van der Waals surface area contributed by atoms with Crippen LogP contribution in [0.5, 0.6) is 0 Å². The number of methoxy groups -OCH3 is 5. The van der Waals surface area contributed by atoms with Crippen molar-refractivity contribution in [3.63, 3.8) is 0 Å². The molecular weight excluding hydrogens is 769 g/mol. The average molecular weight is 851 g/mol. The molecule has 336 valence electrons. The molecular formula is C42H82O13Si2. The summed E-state index contributed by atoms with van der Waals surface area (Å²) in [6.45, 7) is 25.1. The van der Waals surface area contributed by atoms with E-state index in [0.717, 1.165) is 24.6 Å². The van der Waals surface area contributed by atoms with Crippen LogP contribution in [0.1, 0.15) is 101 Å². The summed E-state index contributed by atoms with van der Waals surface area (Å²) in [5.74, 6) is -2.75.